The highest BCUT2D eigenvalue weighted by Gasteiger charge is 2.32. The molecule has 29 heavy (non-hydrogen) atoms. The Morgan fingerprint density at radius 3 is 2.72 bits per heavy atom. The van der Waals surface area contributed by atoms with E-state index in [2.05, 4.69) is 41.2 Å². The smallest absolute Gasteiger partial charge is 0.223 e. The van der Waals surface area contributed by atoms with Gasteiger partial charge in [0.05, 0.1) is 18.8 Å². The fourth-order valence-corrected chi connectivity index (χ4v) is 3.92. The van der Waals surface area contributed by atoms with Crippen molar-refractivity contribution in [3.05, 3.63) is 83.6 Å². The summed E-state index contributed by atoms with van der Waals surface area (Å²) in [5.74, 6) is 0.544. The van der Waals surface area contributed by atoms with Crippen LogP contribution in [0.4, 0.5) is 0 Å². The summed E-state index contributed by atoms with van der Waals surface area (Å²) in [7, 11) is 0. The highest BCUT2D eigenvalue weighted by molar-refractivity contribution is 5.84. The van der Waals surface area contributed by atoms with Crippen LogP contribution >= 0.6 is 0 Å². The number of nitrogens with one attached hydrogen (secondary N) is 1. The molecule has 0 unspecified atom stereocenters. The zero-order valence-electron chi connectivity index (χ0n) is 16.5. The van der Waals surface area contributed by atoms with E-state index in [9.17, 15) is 9.59 Å². The van der Waals surface area contributed by atoms with Crippen LogP contribution in [0.15, 0.2) is 65.4 Å². The number of aryl methyl sites for hydroxylation is 1. The summed E-state index contributed by atoms with van der Waals surface area (Å²) in [5, 5.41) is 2.80. The summed E-state index contributed by atoms with van der Waals surface area (Å²) in [6.45, 7) is 3.81. The second kappa shape index (κ2) is 8.39. The molecule has 1 aliphatic heterocycles. The SMILES string of the molecule is Cc1ccccc1[C@H]1c2cccn2CCN1C(=O)CCC(=O)NCc1ccco1. The number of carbonyl (C=O) groups excluding carboxylic acids is 2. The van der Waals surface area contributed by atoms with E-state index >= 15 is 0 Å². The summed E-state index contributed by atoms with van der Waals surface area (Å²) < 4.78 is 7.42. The summed E-state index contributed by atoms with van der Waals surface area (Å²) in [6.07, 6.45) is 3.98. The molecule has 0 saturated heterocycles. The zero-order valence-corrected chi connectivity index (χ0v) is 16.5. The van der Waals surface area contributed by atoms with Gasteiger partial charge in [0, 0.05) is 37.8 Å². The largest absolute Gasteiger partial charge is 0.467 e. The summed E-state index contributed by atoms with van der Waals surface area (Å²) >= 11 is 0. The number of carbonyl (C=O) groups is 2. The predicted octanol–water partition coefficient (Wildman–Crippen LogP) is 3.42. The minimum Gasteiger partial charge on any atom is -0.467 e. The van der Waals surface area contributed by atoms with Gasteiger partial charge in [-0.3, -0.25) is 9.59 Å². The topological polar surface area (TPSA) is 67.5 Å². The van der Waals surface area contributed by atoms with Crippen LogP contribution in [-0.4, -0.2) is 27.8 Å². The molecule has 2 amide bonds. The molecule has 1 atom stereocenters. The minimum absolute atomic E-state index is 0.00106. The number of hydrogen-bond donors (Lipinski definition) is 1. The van der Waals surface area contributed by atoms with Gasteiger partial charge in [-0.15, -0.1) is 0 Å². The Labute approximate surface area is 170 Å². The standard InChI is InChI=1S/C23H25N3O3/c1-17-6-2-3-8-19(17)23-20-9-4-12-25(20)13-14-26(23)22(28)11-10-21(27)24-16-18-7-5-15-29-18/h2-9,12,15,23H,10-11,13-14,16H2,1H3,(H,24,27)/t23-/m0/s1. The first-order valence-corrected chi connectivity index (χ1v) is 9.92. The molecule has 0 aliphatic carbocycles. The molecule has 0 bridgehead atoms. The number of aromatic nitrogens is 1. The van der Waals surface area contributed by atoms with E-state index in [1.165, 1.54) is 0 Å². The van der Waals surface area contributed by atoms with Crippen LogP contribution in [0.5, 0.6) is 0 Å². The van der Waals surface area contributed by atoms with Crippen molar-refractivity contribution in [2.45, 2.75) is 38.9 Å². The molecule has 150 valence electrons. The minimum atomic E-state index is -0.150. The average molecular weight is 391 g/mol. The van der Waals surface area contributed by atoms with Crippen LogP contribution in [0, 0.1) is 6.92 Å². The first-order chi connectivity index (χ1) is 14.1. The van der Waals surface area contributed by atoms with Crippen molar-refractivity contribution in [3.63, 3.8) is 0 Å². The van der Waals surface area contributed by atoms with Gasteiger partial charge in [-0.05, 0) is 42.3 Å². The monoisotopic (exact) mass is 391 g/mol. The molecule has 0 radical (unpaired) electrons. The van der Waals surface area contributed by atoms with Crippen LogP contribution in [0.2, 0.25) is 0 Å². The summed E-state index contributed by atoms with van der Waals surface area (Å²) in [5.41, 5.74) is 3.39. The van der Waals surface area contributed by atoms with Gasteiger partial charge in [-0.2, -0.15) is 0 Å². The molecule has 2 aromatic heterocycles. The average Bonchev–Trinajstić information content (AvgIpc) is 3.42. The van der Waals surface area contributed by atoms with Crippen LogP contribution in [0.25, 0.3) is 0 Å². The van der Waals surface area contributed by atoms with E-state index in [1.54, 1.807) is 18.4 Å². The van der Waals surface area contributed by atoms with E-state index in [1.807, 2.05) is 23.1 Å². The van der Waals surface area contributed by atoms with Crippen LogP contribution in [0.3, 0.4) is 0 Å². The van der Waals surface area contributed by atoms with E-state index in [-0.39, 0.29) is 30.7 Å². The first-order valence-electron chi connectivity index (χ1n) is 9.92. The lowest BCUT2D eigenvalue weighted by atomic mass is 9.95. The highest BCUT2D eigenvalue weighted by Crippen LogP contribution is 2.34. The van der Waals surface area contributed by atoms with Gasteiger partial charge >= 0.3 is 0 Å². The van der Waals surface area contributed by atoms with Crippen LogP contribution in [0.1, 0.15) is 41.5 Å². The van der Waals surface area contributed by atoms with Gasteiger partial charge in [0.25, 0.3) is 0 Å². The van der Waals surface area contributed by atoms with Gasteiger partial charge < -0.3 is 19.2 Å². The van der Waals surface area contributed by atoms with Crippen molar-refractivity contribution in [3.8, 4) is 0 Å². The van der Waals surface area contributed by atoms with Crippen molar-refractivity contribution < 1.29 is 14.0 Å². The molecule has 1 aromatic carbocycles. The molecule has 4 rings (SSSR count). The van der Waals surface area contributed by atoms with Gasteiger partial charge in [0.15, 0.2) is 0 Å². The van der Waals surface area contributed by atoms with Crippen LogP contribution < -0.4 is 5.32 Å². The molecule has 3 aromatic rings. The third-order valence-electron chi connectivity index (χ3n) is 5.45. The fraction of sp³-hybridized carbons (Fsp3) is 0.304. The highest BCUT2D eigenvalue weighted by atomic mass is 16.3. The van der Waals surface area contributed by atoms with Gasteiger partial charge in [-0.25, -0.2) is 0 Å². The third-order valence-corrected chi connectivity index (χ3v) is 5.45. The van der Waals surface area contributed by atoms with Gasteiger partial charge in [0.2, 0.25) is 11.8 Å². The predicted molar refractivity (Wildman–Crippen MR) is 109 cm³/mol. The number of rotatable bonds is 6. The van der Waals surface area contributed by atoms with E-state index in [0.717, 1.165) is 23.4 Å². The number of benzene rings is 1. The number of amides is 2. The Kier molecular flexibility index (Phi) is 5.51. The molecule has 6 heteroatoms. The Hall–Kier alpha value is -3.28. The first kappa shape index (κ1) is 19.1. The summed E-state index contributed by atoms with van der Waals surface area (Å²) in [6, 6.07) is 15.7. The normalized spacial score (nSPS) is 15.8. The van der Waals surface area contributed by atoms with Crippen molar-refractivity contribution in [1.82, 2.24) is 14.8 Å². The molecule has 6 nitrogen and oxygen atoms in total. The van der Waals surface area contributed by atoms with Crippen molar-refractivity contribution in [2.24, 2.45) is 0 Å². The van der Waals surface area contributed by atoms with E-state index in [4.69, 9.17) is 4.42 Å². The molecular weight excluding hydrogens is 366 g/mol. The molecule has 1 N–H and O–H groups in total. The van der Waals surface area contributed by atoms with E-state index in [0.29, 0.717) is 18.8 Å². The fourth-order valence-electron chi connectivity index (χ4n) is 3.92. The molecule has 3 heterocycles. The molecule has 1 aliphatic rings. The third kappa shape index (κ3) is 4.11. The Balaban J connectivity index is 1.45. The lowest BCUT2D eigenvalue weighted by Gasteiger charge is -2.38. The van der Waals surface area contributed by atoms with Crippen molar-refractivity contribution in [1.29, 1.82) is 0 Å². The Morgan fingerprint density at radius 2 is 1.93 bits per heavy atom. The molecule has 0 spiro atoms. The number of furan rings is 1. The second-order valence-corrected chi connectivity index (χ2v) is 7.33. The lowest BCUT2D eigenvalue weighted by Crippen LogP contribution is -2.43. The maximum absolute atomic E-state index is 13.1. The quantitative estimate of drug-likeness (QED) is 0.700. The maximum atomic E-state index is 13.1. The van der Waals surface area contributed by atoms with Crippen molar-refractivity contribution in [2.75, 3.05) is 6.54 Å². The Morgan fingerprint density at radius 1 is 1.07 bits per heavy atom. The van der Waals surface area contributed by atoms with Gasteiger partial charge in [0.1, 0.15) is 5.76 Å². The van der Waals surface area contributed by atoms with Gasteiger partial charge in [-0.1, -0.05) is 24.3 Å². The van der Waals surface area contributed by atoms with Crippen LogP contribution in [-0.2, 0) is 22.7 Å². The number of fused-ring (bicyclic) bond motifs is 1. The van der Waals surface area contributed by atoms with Crippen molar-refractivity contribution >= 4 is 11.8 Å². The Bertz CT molecular complexity index is 990. The number of hydrogen-bond acceptors (Lipinski definition) is 3. The summed E-state index contributed by atoms with van der Waals surface area (Å²) in [4.78, 5) is 27.2. The molecular formula is C23H25N3O3. The molecule has 0 saturated carbocycles. The molecule has 0 fully saturated rings. The lowest BCUT2D eigenvalue weighted by molar-refractivity contribution is -0.136. The maximum Gasteiger partial charge on any atom is 0.223 e. The van der Waals surface area contributed by atoms with E-state index < -0.39 is 0 Å². The second-order valence-electron chi connectivity index (χ2n) is 7.33. The zero-order chi connectivity index (χ0) is 20.2. The number of nitrogens with zero attached hydrogens (tertiary/aromatic N) is 2.